The summed E-state index contributed by atoms with van der Waals surface area (Å²) in [5, 5.41) is 2.67. The van der Waals surface area contributed by atoms with E-state index in [2.05, 4.69) is 21.2 Å². The third kappa shape index (κ3) is 4.53. The fourth-order valence-electron chi connectivity index (χ4n) is 1.60. The standard InChI is InChI=1S/C15H12BrF2NO2/c16-11-3-1-10(2-4-11)15(20)19-7-8-21-12-5-6-13(17)14(18)9-12/h1-6,9H,7-8H2,(H,19,20). The third-order valence-corrected chi connectivity index (χ3v) is 3.18. The minimum Gasteiger partial charge on any atom is -0.492 e. The molecule has 0 aliphatic rings. The molecule has 0 atom stereocenters. The fourth-order valence-corrected chi connectivity index (χ4v) is 1.87. The molecule has 2 rings (SSSR count). The van der Waals surface area contributed by atoms with Crippen LogP contribution < -0.4 is 10.1 Å². The SMILES string of the molecule is O=C(NCCOc1ccc(F)c(F)c1)c1ccc(Br)cc1. The summed E-state index contributed by atoms with van der Waals surface area (Å²) < 4.78 is 31.8. The van der Waals surface area contributed by atoms with E-state index in [-0.39, 0.29) is 24.8 Å². The van der Waals surface area contributed by atoms with Gasteiger partial charge >= 0.3 is 0 Å². The molecule has 0 radical (unpaired) electrons. The lowest BCUT2D eigenvalue weighted by molar-refractivity contribution is 0.0947. The number of hydrogen-bond donors (Lipinski definition) is 1. The van der Waals surface area contributed by atoms with Gasteiger partial charge in [0.2, 0.25) is 0 Å². The maximum Gasteiger partial charge on any atom is 0.251 e. The van der Waals surface area contributed by atoms with Gasteiger partial charge < -0.3 is 10.1 Å². The molecule has 0 saturated heterocycles. The van der Waals surface area contributed by atoms with Crippen LogP contribution in [0.25, 0.3) is 0 Å². The van der Waals surface area contributed by atoms with Crippen LogP contribution in [0.4, 0.5) is 8.78 Å². The maximum absolute atomic E-state index is 12.9. The van der Waals surface area contributed by atoms with Crippen LogP contribution in [0.2, 0.25) is 0 Å². The molecule has 0 heterocycles. The second-order valence-corrected chi connectivity index (χ2v) is 5.10. The summed E-state index contributed by atoms with van der Waals surface area (Å²) in [4.78, 5) is 11.8. The summed E-state index contributed by atoms with van der Waals surface area (Å²) in [6.07, 6.45) is 0. The van der Waals surface area contributed by atoms with Gasteiger partial charge in [-0.25, -0.2) is 8.78 Å². The third-order valence-electron chi connectivity index (χ3n) is 2.65. The largest absolute Gasteiger partial charge is 0.492 e. The molecule has 110 valence electrons. The molecule has 1 amide bonds. The lowest BCUT2D eigenvalue weighted by Crippen LogP contribution is -2.28. The zero-order chi connectivity index (χ0) is 15.2. The van der Waals surface area contributed by atoms with Gasteiger partial charge in [-0.1, -0.05) is 15.9 Å². The molecule has 0 aliphatic carbocycles. The predicted octanol–water partition coefficient (Wildman–Crippen LogP) is 3.54. The number of ether oxygens (including phenoxy) is 1. The van der Waals surface area contributed by atoms with Crippen LogP contribution in [0, 0.1) is 11.6 Å². The lowest BCUT2D eigenvalue weighted by atomic mass is 10.2. The van der Waals surface area contributed by atoms with E-state index in [9.17, 15) is 13.6 Å². The number of amides is 1. The highest BCUT2D eigenvalue weighted by molar-refractivity contribution is 9.10. The van der Waals surface area contributed by atoms with Crippen LogP contribution in [-0.2, 0) is 0 Å². The Morgan fingerprint density at radius 2 is 1.81 bits per heavy atom. The first-order valence-electron chi connectivity index (χ1n) is 6.18. The molecule has 3 nitrogen and oxygen atoms in total. The zero-order valence-corrected chi connectivity index (χ0v) is 12.5. The first kappa shape index (κ1) is 15.4. The maximum atomic E-state index is 12.9. The van der Waals surface area contributed by atoms with Gasteiger partial charge in [0.1, 0.15) is 12.4 Å². The molecular weight excluding hydrogens is 344 g/mol. The van der Waals surface area contributed by atoms with Crippen molar-refractivity contribution in [2.24, 2.45) is 0 Å². The molecule has 0 aliphatic heterocycles. The van der Waals surface area contributed by atoms with Crippen molar-refractivity contribution >= 4 is 21.8 Å². The van der Waals surface area contributed by atoms with E-state index in [0.717, 1.165) is 16.6 Å². The monoisotopic (exact) mass is 355 g/mol. The van der Waals surface area contributed by atoms with E-state index in [1.807, 2.05) is 0 Å². The van der Waals surface area contributed by atoms with Crippen molar-refractivity contribution in [1.29, 1.82) is 0 Å². The number of carbonyl (C=O) groups excluding carboxylic acids is 1. The van der Waals surface area contributed by atoms with Crippen molar-refractivity contribution in [3.05, 3.63) is 64.1 Å². The molecule has 1 N–H and O–H groups in total. The van der Waals surface area contributed by atoms with E-state index in [1.54, 1.807) is 24.3 Å². The number of nitrogens with one attached hydrogen (secondary N) is 1. The Balaban J connectivity index is 1.77. The van der Waals surface area contributed by atoms with E-state index in [1.165, 1.54) is 6.07 Å². The van der Waals surface area contributed by atoms with E-state index in [0.29, 0.717) is 5.56 Å². The first-order valence-corrected chi connectivity index (χ1v) is 6.97. The van der Waals surface area contributed by atoms with Gasteiger partial charge in [-0.2, -0.15) is 0 Å². The predicted molar refractivity (Wildman–Crippen MR) is 78.3 cm³/mol. The van der Waals surface area contributed by atoms with Gasteiger partial charge in [-0.3, -0.25) is 4.79 Å². The Morgan fingerprint density at radius 3 is 2.48 bits per heavy atom. The normalized spacial score (nSPS) is 10.2. The van der Waals surface area contributed by atoms with Crippen LogP contribution >= 0.6 is 15.9 Å². The molecule has 0 saturated carbocycles. The van der Waals surface area contributed by atoms with Crippen molar-refractivity contribution < 1.29 is 18.3 Å². The second kappa shape index (κ2) is 7.17. The summed E-state index contributed by atoms with van der Waals surface area (Å²) in [5.41, 5.74) is 0.533. The minimum absolute atomic E-state index is 0.160. The van der Waals surface area contributed by atoms with Crippen LogP contribution in [0.5, 0.6) is 5.75 Å². The topological polar surface area (TPSA) is 38.3 Å². The molecule has 0 bridgehead atoms. The van der Waals surface area contributed by atoms with E-state index < -0.39 is 11.6 Å². The highest BCUT2D eigenvalue weighted by Crippen LogP contribution is 2.15. The van der Waals surface area contributed by atoms with Crippen molar-refractivity contribution in [2.45, 2.75) is 0 Å². The number of hydrogen-bond acceptors (Lipinski definition) is 2. The average Bonchev–Trinajstić information content (AvgIpc) is 2.47. The Labute approximate surface area is 129 Å². The van der Waals surface area contributed by atoms with Crippen molar-refractivity contribution in [3.8, 4) is 5.75 Å². The molecule has 0 aromatic heterocycles. The Kier molecular flexibility index (Phi) is 5.27. The van der Waals surface area contributed by atoms with Crippen molar-refractivity contribution in [2.75, 3.05) is 13.2 Å². The van der Waals surface area contributed by atoms with Crippen molar-refractivity contribution in [3.63, 3.8) is 0 Å². The summed E-state index contributed by atoms with van der Waals surface area (Å²) >= 11 is 3.29. The Bertz CT molecular complexity index is 632. The van der Waals surface area contributed by atoms with Crippen molar-refractivity contribution in [1.82, 2.24) is 5.32 Å². The van der Waals surface area contributed by atoms with Crippen LogP contribution in [0.3, 0.4) is 0 Å². The van der Waals surface area contributed by atoms with E-state index in [4.69, 9.17) is 4.74 Å². The van der Waals surface area contributed by atoms with Gasteiger partial charge in [-0.05, 0) is 36.4 Å². The average molecular weight is 356 g/mol. The molecule has 0 spiro atoms. The lowest BCUT2D eigenvalue weighted by Gasteiger charge is -2.08. The van der Waals surface area contributed by atoms with Crippen LogP contribution in [0.15, 0.2) is 46.9 Å². The summed E-state index contributed by atoms with van der Waals surface area (Å²) in [6, 6.07) is 10.2. The number of rotatable bonds is 5. The fraction of sp³-hybridized carbons (Fsp3) is 0.133. The smallest absolute Gasteiger partial charge is 0.251 e. The summed E-state index contributed by atoms with van der Waals surface area (Å²) in [5.74, 6) is -1.90. The number of halogens is 3. The molecule has 21 heavy (non-hydrogen) atoms. The van der Waals surface area contributed by atoms with Gasteiger partial charge in [-0.15, -0.1) is 0 Å². The van der Waals surface area contributed by atoms with E-state index >= 15 is 0 Å². The van der Waals surface area contributed by atoms with Crippen LogP contribution in [0.1, 0.15) is 10.4 Å². The Morgan fingerprint density at radius 1 is 1.10 bits per heavy atom. The molecule has 2 aromatic rings. The Hall–Kier alpha value is -1.95. The zero-order valence-electron chi connectivity index (χ0n) is 10.9. The number of carbonyl (C=O) groups is 1. The quantitative estimate of drug-likeness (QED) is 0.833. The highest BCUT2D eigenvalue weighted by atomic mass is 79.9. The minimum atomic E-state index is -0.966. The second-order valence-electron chi connectivity index (χ2n) is 4.19. The van der Waals surface area contributed by atoms with Gasteiger partial charge in [0.15, 0.2) is 11.6 Å². The first-order chi connectivity index (χ1) is 10.1. The van der Waals surface area contributed by atoms with Crippen LogP contribution in [-0.4, -0.2) is 19.1 Å². The highest BCUT2D eigenvalue weighted by Gasteiger charge is 2.05. The summed E-state index contributed by atoms with van der Waals surface area (Å²) in [6.45, 7) is 0.418. The molecule has 6 heteroatoms. The molecular formula is C15H12BrF2NO2. The van der Waals surface area contributed by atoms with Gasteiger partial charge in [0.05, 0.1) is 6.54 Å². The molecule has 0 unspecified atom stereocenters. The summed E-state index contributed by atoms with van der Waals surface area (Å²) in [7, 11) is 0. The molecule has 2 aromatic carbocycles. The van der Waals surface area contributed by atoms with Gasteiger partial charge in [0, 0.05) is 16.1 Å². The molecule has 0 fully saturated rings. The van der Waals surface area contributed by atoms with Gasteiger partial charge in [0.25, 0.3) is 5.91 Å². The number of benzene rings is 2.